The fourth-order valence-electron chi connectivity index (χ4n) is 5.85. The number of benzene rings is 2. The second-order valence-corrected chi connectivity index (χ2v) is 12.0. The Balaban J connectivity index is 1.16. The molecule has 1 aliphatic carbocycles. The number of ether oxygens (including phenoxy) is 1. The van der Waals surface area contributed by atoms with Crippen molar-refractivity contribution in [2.45, 2.75) is 31.3 Å². The Hall–Kier alpha value is -2.29. The van der Waals surface area contributed by atoms with Crippen LogP contribution in [-0.4, -0.2) is 91.1 Å². The SMILES string of the molecule is CC1(O)CC(c2ccc(-c3nc(N4CCN(CCN5CCOCC5)CC4)sc3-c3ccccc3)cc2)C1. The maximum absolute atomic E-state index is 10.1. The first-order chi connectivity index (χ1) is 18.0. The number of aromatic nitrogens is 1. The lowest BCUT2D eigenvalue weighted by atomic mass is 9.69. The molecule has 196 valence electrons. The number of anilines is 1. The molecule has 3 heterocycles. The van der Waals surface area contributed by atoms with E-state index in [-0.39, 0.29) is 0 Å². The highest BCUT2D eigenvalue weighted by Crippen LogP contribution is 2.45. The molecule has 0 amide bonds. The minimum atomic E-state index is -0.500. The predicted molar refractivity (Wildman–Crippen MR) is 151 cm³/mol. The summed E-state index contributed by atoms with van der Waals surface area (Å²) in [5, 5.41) is 11.3. The molecule has 3 aliphatic rings. The van der Waals surface area contributed by atoms with Crippen LogP contribution in [0.2, 0.25) is 0 Å². The second-order valence-electron chi connectivity index (χ2n) is 11.0. The second kappa shape index (κ2) is 10.8. The highest BCUT2D eigenvalue weighted by molar-refractivity contribution is 7.19. The summed E-state index contributed by atoms with van der Waals surface area (Å²) in [5.74, 6) is 0.461. The van der Waals surface area contributed by atoms with Crippen molar-refractivity contribution in [3.63, 3.8) is 0 Å². The van der Waals surface area contributed by atoms with E-state index in [1.54, 1.807) is 0 Å². The molecule has 0 radical (unpaired) electrons. The number of morpholine rings is 1. The lowest BCUT2D eigenvalue weighted by Gasteiger charge is -2.41. The average molecular weight is 519 g/mol. The zero-order valence-corrected chi connectivity index (χ0v) is 22.6. The van der Waals surface area contributed by atoms with E-state index in [9.17, 15) is 5.11 Å². The molecule has 37 heavy (non-hydrogen) atoms. The van der Waals surface area contributed by atoms with E-state index in [2.05, 4.69) is 69.3 Å². The van der Waals surface area contributed by atoms with E-state index in [1.165, 1.54) is 21.6 Å². The third-order valence-electron chi connectivity index (χ3n) is 8.16. The first-order valence-electron chi connectivity index (χ1n) is 13.7. The number of aliphatic hydroxyl groups is 1. The van der Waals surface area contributed by atoms with E-state index in [4.69, 9.17) is 9.72 Å². The van der Waals surface area contributed by atoms with Crippen LogP contribution in [0.1, 0.15) is 31.2 Å². The van der Waals surface area contributed by atoms with Gasteiger partial charge in [0.25, 0.3) is 0 Å². The summed E-state index contributed by atoms with van der Waals surface area (Å²) in [5.41, 5.74) is 4.29. The summed E-state index contributed by atoms with van der Waals surface area (Å²) in [4.78, 5) is 14.0. The molecule has 7 heteroatoms. The highest BCUT2D eigenvalue weighted by Gasteiger charge is 2.39. The molecule has 2 aromatic carbocycles. The van der Waals surface area contributed by atoms with E-state index in [0.29, 0.717) is 5.92 Å². The van der Waals surface area contributed by atoms with Crippen LogP contribution in [-0.2, 0) is 4.74 Å². The number of piperazine rings is 1. The largest absolute Gasteiger partial charge is 0.390 e. The number of rotatable bonds is 7. The normalized spacial score (nSPS) is 25.2. The van der Waals surface area contributed by atoms with Crippen LogP contribution in [0.4, 0.5) is 5.13 Å². The summed E-state index contributed by atoms with van der Waals surface area (Å²) < 4.78 is 5.48. The maximum Gasteiger partial charge on any atom is 0.186 e. The van der Waals surface area contributed by atoms with Gasteiger partial charge in [-0.25, -0.2) is 4.98 Å². The third kappa shape index (κ3) is 5.76. The molecule has 6 nitrogen and oxygen atoms in total. The first-order valence-corrected chi connectivity index (χ1v) is 14.5. The van der Waals surface area contributed by atoms with E-state index >= 15 is 0 Å². The van der Waals surface area contributed by atoms with Crippen molar-refractivity contribution in [2.24, 2.45) is 0 Å². The third-order valence-corrected chi connectivity index (χ3v) is 9.32. The van der Waals surface area contributed by atoms with Crippen LogP contribution in [0, 0.1) is 0 Å². The van der Waals surface area contributed by atoms with Crippen molar-refractivity contribution in [3.05, 3.63) is 60.2 Å². The Bertz CT molecular complexity index is 1160. The van der Waals surface area contributed by atoms with Gasteiger partial charge in [0.05, 0.1) is 29.4 Å². The summed E-state index contributed by atoms with van der Waals surface area (Å²) in [7, 11) is 0. The zero-order chi connectivity index (χ0) is 25.2. The number of nitrogens with zero attached hydrogens (tertiary/aromatic N) is 4. The number of hydrogen-bond donors (Lipinski definition) is 1. The van der Waals surface area contributed by atoms with Crippen molar-refractivity contribution in [3.8, 4) is 21.7 Å². The molecule has 0 spiro atoms. The molecular weight excluding hydrogens is 480 g/mol. The Kier molecular flexibility index (Phi) is 7.32. The molecule has 2 saturated heterocycles. The van der Waals surface area contributed by atoms with Gasteiger partial charge in [0.1, 0.15) is 0 Å². The van der Waals surface area contributed by atoms with Gasteiger partial charge in [-0.15, -0.1) is 0 Å². The van der Waals surface area contributed by atoms with Crippen molar-refractivity contribution >= 4 is 16.5 Å². The molecule has 0 atom stereocenters. The summed E-state index contributed by atoms with van der Waals surface area (Å²) >= 11 is 1.82. The number of thiazole rings is 1. The van der Waals surface area contributed by atoms with Crippen LogP contribution in [0.25, 0.3) is 21.7 Å². The Morgan fingerprint density at radius 3 is 2.16 bits per heavy atom. The molecule has 2 aliphatic heterocycles. The molecule has 1 N–H and O–H groups in total. The number of hydrogen-bond acceptors (Lipinski definition) is 7. The van der Waals surface area contributed by atoms with Crippen LogP contribution >= 0.6 is 11.3 Å². The van der Waals surface area contributed by atoms with Crippen LogP contribution in [0.3, 0.4) is 0 Å². The highest BCUT2D eigenvalue weighted by atomic mass is 32.1. The van der Waals surface area contributed by atoms with E-state index < -0.39 is 5.60 Å². The smallest absolute Gasteiger partial charge is 0.186 e. The lowest BCUT2D eigenvalue weighted by Crippen LogP contribution is -2.49. The molecule has 0 bridgehead atoms. The summed E-state index contributed by atoms with van der Waals surface area (Å²) in [6, 6.07) is 19.6. The molecule has 6 rings (SSSR count). The predicted octanol–water partition coefficient (Wildman–Crippen LogP) is 4.56. The first kappa shape index (κ1) is 25.0. The minimum absolute atomic E-state index is 0.461. The van der Waals surface area contributed by atoms with Crippen LogP contribution < -0.4 is 4.90 Å². The molecule has 1 aromatic heterocycles. The Morgan fingerprint density at radius 2 is 1.51 bits per heavy atom. The van der Waals surface area contributed by atoms with Gasteiger partial charge >= 0.3 is 0 Å². The van der Waals surface area contributed by atoms with Crippen LogP contribution in [0.15, 0.2) is 54.6 Å². The van der Waals surface area contributed by atoms with Gasteiger partial charge in [-0.05, 0) is 36.8 Å². The molecule has 3 aromatic rings. The zero-order valence-electron chi connectivity index (χ0n) is 21.8. The Labute approximate surface area is 224 Å². The van der Waals surface area contributed by atoms with Gasteiger partial charge in [-0.3, -0.25) is 9.80 Å². The van der Waals surface area contributed by atoms with Gasteiger partial charge in [-0.1, -0.05) is 65.9 Å². The van der Waals surface area contributed by atoms with Gasteiger partial charge in [0.2, 0.25) is 0 Å². The maximum atomic E-state index is 10.1. The van der Waals surface area contributed by atoms with Gasteiger partial charge in [0.15, 0.2) is 5.13 Å². The molecular formula is C30H38N4O2S. The average Bonchev–Trinajstić information content (AvgIpc) is 3.38. The lowest BCUT2D eigenvalue weighted by molar-refractivity contribution is -0.0313. The van der Waals surface area contributed by atoms with Crippen molar-refractivity contribution in [2.75, 3.05) is 70.5 Å². The van der Waals surface area contributed by atoms with Gasteiger partial charge in [0, 0.05) is 57.9 Å². The topological polar surface area (TPSA) is 52.1 Å². The quantitative estimate of drug-likeness (QED) is 0.495. The van der Waals surface area contributed by atoms with Crippen molar-refractivity contribution in [1.82, 2.24) is 14.8 Å². The fraction of sp³-hybridized carbons (Fsp3) is 0.500. The van der Waals surface area contributed by atoms with Crippen molar-refractivity contribution in [1.29, 1.82) is 0 Å². The standard InChI is InChI=1S/C30H38N4O2S/c1-30(35)21-26(22-30)23-7-9-24(10-8-23)27-28(25-5-3-2-4-6-25)37-29(31-27)34-15-13-32(14-16-34)11-12-33-17-19-36-20-18-33/h2-10,26,35H,11-22H2,1H3. The van der Waals surface area contributed by atoms with Crippen molar-refractivity contribution < 1.29 is 9.84 Å². The molecule has 0 unspecified atom stereocenters. The molecule has 1 saturated carbocycles. The monoisotopic (exact) mass is 518 g/mol. The Morgan fingerprint density at radius 1 is 0.865 bits per heavy atom. The summed E-state index contributed by atoms with van der Waals surface area (Å²) in [6.45, 7) is 12.3. The minimum Gasteiger partial charge on any atom is -0.390 e. The van der Waals surface area contributed by atoms with Gasteiger partial charge in [-0.2, -0.15) is 0 Å². The van der Waals surface area contributed by atoms with Gasteiger partial charge < -0.3 is 14.7 Å². The molecule has 3 fully saturated rings. The summed E-state index contributed by atoms with van der Waals surface area (Å²) in [6.07, 6.45) is 1.70. The fourth-order valence-corrected chi connectivity index (χ4v) is 6.99. The van der Waals surface area contributed by atoms with E-state index in [0.717, 1.165) is 89.2 Å². The van der Waals surface area contributed by atoms with Crippen LogP contribution in [0.5, 0.6) is 0 Å². The van der Waals surface area contributed by atoms with E-state index in [1.807, 2.05) is 18.3 Å².